The third-order valence-electron chi connectivity index (χ3n) is 2.51. The van der Waals surface area contributed by atoms with Gasteiger partial charge < -0.3 is 9.84 Å². The smallest absolute Gasteiger partial charge is 0.416 e. The summed E-state index contributed by atoms with van der Waals surface area (Å²) < 4.78 is 42.5. The molecular weight excluding hydrogens is 245 g/mol. The molecule has 0 spiro atoms. The first kappa shape index (κ1) is 12.5. The number of rotatable bonds is 2. The highest BCUT2D eigenvalue weighted by molar-refractivity contribution is 5.32. The van der Waals surface area contributed by atoms with Crippen LogP contribution in [0.15, 0.2) is 48.1 Å². The largest absolute Gasteiger partial charge is 0.508 e. The third kappa shape index (κ3) is 3.06. The molecule has 2 rings (SSSR count). The summed E-state index contributed by atoms with van der Waals surface area (Å²) in [6, 6.07) is 6.04. The summed E-state index contributed by atoms with van der Waals surface area (Å²) in [4.78, 5) is 0. The Morgan fingerprint density at radius 2 is 1.83 bits per heavy atom. The van der Waals surface area contributed by atoms with E-state index in [1.54, 1.807) is 12.1 Å². The lowest BCUT2D eigenvalue weighted by Gasteiger charge is -2.19. The second-order valence-electron chi connectivity index (χ2n) is 3.90. The predicted molar refractivity (Wildman–Crippen MR) is 60.4 cm³/mol. The molecule has 5 heteroatoms. The fourth-order valence-corrected chi connectivity index (χ4v) is 1.60. The topological polar surface area (TPSA) is 29.5 Å². The fourth-order valence-electron chi connectivity index (χ4n) is 1.60. The van der Waals surface area contributed by atoms with Crippen LogP contribution in [0.3, 0.4) is 0 Å². The van der Waals surface area contributed by atoms with E-state index in [1.807, 2.05) is 0 Å². The Bertz CT molecular complexity index is 472. The van der Waals surface area contributed by atoms with Gasteiger partial charge in [-0.05, 0) is 30.3 Å². The fraction of sp³-hybridized carbons (Fsp3) is 0.231. The molecule has 1 N–H and O–H groups in total. The lowest BCUT2D eigenvalue weighted by Crippen LogP contribution is -2.19. The molecule has 0 aliphatic heterocycles. The molecule has 1 unspecified atom stereocenters. The SMILES string of the molecule is Oc1ccc(OC2C=CC(C(F)(F)F)=CC2)cc1. The molecule has 0 aromatic heterocycles. The van der Waals surface area contributed by atoms with Crippen molar-refractivity contribution in [2.75, 3.05) is 0 Å². The van der Waals surface area contributed by atoms with E-state index in [2.05, 4.69) is 0 Å². The molecule has 0 radical (unpaired) electrons. The van der Waals surface area contributed by atoms with Gasteiger partial charge in [0.05, 0.1) is 5.57 Å². The van der Waals surface area contributed by atoms with Crippen molar-refractivity contribution in [3.8, 4) is 11.5 Å². The van der Waals surface area contributed by atoms with Crippen molar-refractivity contribution in [1.82, 2.24) is 0 Å². The van der Waals surface area contributed by atoms with Gasteiger partial charge in [0.25, 0.3) is 0 Å². The first-order valence-electron chi connectivity index (χ1n) is 5.36. The third-order valence-corrected chi connectivity index (χ3v) is 2.51. The maximum atomic E-state index is 12.4. The van der Waals surface area contributed by atoms with Crippen LogP contribution in [0, 0.1) is 0 Å². The van der Waals surface area contributed by atoms with Crippen molar-refractivity contribution >= 4 is 0 Å². The van der Waals surface area contributed by atoms with Crippen molar-refractivity contribution in [3.63, 3.8) is 0 Å². The van der Waals surface area contributed by atoms with E-state index in [4.69, 9.17) is 9.84 Å². The van der Waals surface area contributed by atoms with Crippen LogP contribution in [0.2, 0.25) is 0 Å². The van der Waals surface area contributed by atoms with Crippen LogP contribution in [0.25, 0.3) is 0 Å². The van der Waals surface area contributed by atoms with Crippen molar-refractivity contribution in [2.24, 2.45) is 0 Å². The van der Waals surface area contributed by atoms with Crippen molar-refractivity contribution in [3.05, 3.63) is 48.1 Å². The Kier molecular flexibility index (Phi) is 3.32. The normalized spacial score (nSPS) is 19.5. The van der Waals surface area contributed by atoms with Gasteiger partial charge in [-0.3, -0.25) is 0 Å². The highest BCUT2D eigenvalue weighted by Crippen LogP contribution is 2.30. The molecule has 96 valence electrons. The number of phenols is 1. The van der Waals surface area contributed by atoms with Gasteiger partial charge >= 0.3 is 6.18 Å². The van der Waals surface area contributed by atoms with E-state index in [1.165, 1.54) is 18.2 Å². The average molecular weight is 256 g/mol. The van der Waals surface area contributed by atoms with E-state index in [0.29, 0.717) is 5.75 Å². The number of ether oxygens (including phenoxy) is 1. The molecule has 0 fully saturated rings. The number of halogens is 3. The van der Waals surface area contributed by atoms with Gasteiger partial charge in [0.1, 0.15) is 17.6 Å². The summed E-state index contributed by atoms with van der Waals surface area (Å²) in [5.74, 6) is 0.618. The average Bonchev–Trinajstić information content (AvgIpc) is 2.32. The lowest BCUT2D eigenvalue weighted by atomic mass is 10.0. The molecule has 0 saturated heterocycles. The zero-order valence-electron chi connectivity index (χ0n) is 9.32. The number of alkyl halides is 3. The quantitative estimate of drug-likeness (QED) is 0.876. The molecule has 1 atom stereocenters. The lowest BCUT2D eigenvalue weighted by molar-refractivity contribution is -0.0888. The van der Waals surface area contributed by atoms with Crippen LogP contribution in [0.4, 0.5) is 13.2 Å². The second kappa shape index (κ2) is 4.76. The zero-order valence-corrected chi connectivity index (χ0v) is 9.32. The minimum atomic E-state index is -4.31. The van der Waals surface area contributed by atoms with Crippen LogP contribution >= 0.6 is 0 Å². The first-order valence-corrected chi connectivity index (χ1v) is 5.36. The minimum Gasteiger partial charge on any atom is -0.508 e. The molecule has 0 saturated carbocycles. The minimum absolute atomic E-state index is 0.112. The van der Waals surface area contributed by atoms with Crippen LogP contribution in [0.5, 0.6) is 11.5 Å². The van der Waals surface area contributed by atoms with Gasteiger partial charge in [0.15, 0.2) is 0 Å². The number of phenolic OH excluding ortho intramolecular Hbond substituents is 1. The Labute approximate surface area is 102 Å². The van der Waals surface area contributed by atoms with E-state index in [0.717, 1.165) is 12.2 Å². The Morgan fingerprint density at radius 3 is 2.33 bits per heavy atom. The van der Waals surface area contributed by atoms with Crippen molar-refractivity contribution in [2.45, 2.75) is 18.7 Å². The number of benzene rings is 1. The predicted octanol–water partition coefficient (Wildman–Crippen LogP) is 3.59. The van der Waals surface area contributed by atoms with E-state index in [-0.39, 0.29) is 12.2 Å². The molecule has 2 nitrogen and oxygen atoms in total. The van der Waals surface area contributed by atoms with Crippen LogP contribution in [0.1, 0.15) is 6.42 Å². The molecule has 1 aromatic rings. The summed E-state index contributed by atoms with van der Waals surface area (Å²) >= 11 is 0. The second-order valence-corrected chi connectivity index (χ2v) is 3.90. The van der Waals surface area contributed by atoms with Gasteiger partial charge in [0.2, 0.25) is 0 Å². The number of hydrogen-bond acceptors (Lipinski definition) is 2. The number of hydrogen-bond donors (Lipinski definition) is 1. The highest BCUT2D eigenvalue weighted by atomic mass is 19.4. The molecule has 18 heavy (non-hydrogen) atoms. The van der Waals surface area contributed by atoms with Crippen LogP contribution in [-0.4, -0.2) is 17.4 Å². The van der Waals surface area contributed by atoms with E-state index >= 15 is 0 Å². The molecule has 0 amide bonds. The van der Waals surface area contributed by atoms with Crippen molar-refractivity contribution < 1.29 is 23.0 Å². The summed E-state index contributed by atoms with van der Waals surface area (Å²) in [7, 11) is 0. The standard InChI is InChI=1S/C13H11F3O2/c14-13(15,16)9-1-5-11(6-2-9)18-12-7-3-10(17)4-8-12/h1-5,7-8,11,17H,6H2. The van der Waals surface area contributed by atoms with E-state index in [9.17, 15) is 13.2 Å². The molecule has 1 aliphatic carbocycles. The Balaban J connectivity index is 1.97. The Morgan fingerprint density at radius 1 is 1.17 bits per heavy atom. The van der Waals surface area contributed by atoms with E-state index < -0.39 is 17.9 Å². The van der Waals surface area contributed by atoms with Gasteiger partial charge in [-0.15, -0.1) is 0 Å². The molecular formula is C13H11F3O2. The molecule has 1 aromatic carbocycles. The van der Waals surface area contributed by atoms with Gasteiger partial charge in [-0.1, -0.05) is 12.2 Å². The van der Waals surface area contributed by atoms with Gasteiger partial charge in [-0.2, -0.15) is 13.2 Å². The summed E-state index contributed by atoms with van der Waals surface area (Å²) in [5.41, 5.74) is -0.645. The molecule has 0 heterocycles. The van der Waals surface area contributed by atoms with Crippen LogP contribution < -0.4 is 4.74 Å². The number of aromatic hydroxyl groups is 1. The summed E-state index contributed by atoms with van der Waals surface area (Å²) in [6.07, 6.45) is -1.03. The summed E-state index contributed by atoms with van der Waals surface area (Å²) in [6.45, 7) is 0. The van der Waals surface area contributed by atoms with Gasteiger partial charge in [-0.25, -0.2) is 0 Å². The zero-order chi connectivity index (χ0) is 13.2. The maximum Gasteiger partial charge on any atom is 0.416 e. The maximum absolute atomic E-state index is 12.4. The molecule has 1 aliphatic rings. The first-order chi connectivity index (χ1) is 8.45. The molecule has 0 bridgehead atoms. The van der Waals surface area contributed by atoms with Crippen LogP contribution in [-0.2, 0) is 0 Å². The van der Waals surface area contributed by atoms with Crippen molar-refractivity contribution in [1.29, 1.82) is 0 Å². The number of allylic oxidation sites excluding steroid dienone is 2. The monoisotopic (exact) mass is 256 g/mol. The van der Waals surface area contributed by atoms with Gasteiger partial charge in [0, 0.05) is 6.42 Å². The Hall–Kier alpha value is -1.91. The highest BCUT2D eigenvalue weighted by Gasteiger charge is 2.33. The summed E-state index contributed by atoms with van der Waals surface area (Å²) in [5, 5.41) is 9.08.